The first kappa shape index (κ1) is 33.0. The molecule has 5 rings (SSSR count). The van der Waals surface area contributed by atoms with E-state index in [1.54, 1.807) is 0 Å². The average Bonchev–Trinajstić information content (AvgIpc) is 2.89. The number of allylic oxidation sites excluding steroid dienone is 2. The van der Waals surface area contributed by atoms with Crippen molar-refractivity contribution in [2.24, 2.45) is 50.2 Å². The van der Waals surface area contributed by atoms with E-state index in [-0.39, 0.29) is 64.1 Å². The number of hydrogen-bond acceptors (Lipinski definition) is 7. The molecule has 3 unspecified atom stereocenters. The van der Waals surface area contributed by atoms with Crippen LogP contribution in [0.4, 0.5) is 0 Å². The maximum atomic E-state index is 13.3. The van der Waals surface area contributed by atoms with E-state index >= 15 is 0 Å². The quantitative estimate of drug-likeness (QED) is 0.202. The number of carboxylic acid groups (broad SMARTS) is 1. The van der Waals surface area contributed by atoms with Gasteiger partial charge in [-0.3, -0.25) is 19.2 Å². The van der Waals surface area contributed by atoms with Crippen molar-refractivity contribution in [3.8, 4) is 0 Å². The zero-order valence-electron chi connectivity index (χ0n) is 28.3. The smallest absolute Gasteiger partial charge is 0.314 e. The molecular formula is C36H54O8. The Morgan fingerprint density at radius 2 is 1.43 bits per heavy atom. The standard InChI is InChI=1S/C36H54O8/c1-21(37)42-20-33(7)26-12-15-34(8)27(32(26,6)14-13-28(33)43-22(2)38)11-10-24-25-18-31(4,5)16-17-36(25,30(40)41)29(44-23(3)39)19-35(24,34)9/h10,25-29H,11-20H2,1-9H3,(H,40,41)/t25?,26?,27?,28-,29-,32-,33-,34+,35+,36+/m0/s1. The molecule has 5 aliphatic rings. The Labute approximate surface area is 263 Å². The molecule has 0 aromatic heterocycles. The minimum Gasteiger partial charge on any atom is -0.481 e. The molecule has 0 aromatic rings. The van der Waals surface area contributed by atoms with Crippen LogP contribution in [0.1, 0.15) is 120 Å². The van der Waals surface area contributed by atoms with Gasteiger partial charge in [0.25, 0.3) is 0 Å². The predicted octanol–water partition coefficient (Wildman–Crippen LogP) is 6.89. The largest absolute Gasteiger partial charge is 0.481 e. The van der Waals surface area contributed by atoms with E-state index in [9.17, 15) is 24.3 Å². The van der Waals surface area contributed by atoms with Gasteiger partial charge in [-0.1, -0.05) is 53.2 Å². The first-order chi connectivity index (χ1) is 20.3. The Morgan fingerprint density at radius 1 is 0.795 bits per heavy atom. The Morgan fingerprint density at radius 3 is 2.02 bits per heavy atom. The normalized spacial score (nSPS) is 45.7. The highest BCUT2D eigenvalue weighted by molar-refractivity contribution is 5.78. The predicted molar refractivity (Wildman–Crippen MR) is 164 cm³/mol. The molecule has 4 fully saturated rings. The van der Waals surface area contributed by atoms with Crippen LogP contribution in [0.25, 0.3) is 0 Å². The molecule has 44 heavy (non-hydrogen) atoms. The summed E-state index contributed by atoms with van der Waals surface area (Å²) >= 11 is 0. The number of carbonyl (C=O) groups is 4. The summed E-state index contributed by atoms with van der Waals surface area (Å²) in [7, 11) is 0. The van der Waals surface area contributed by atoms with Crippen molar-refractivity contribution < 1.29 is 38.5 Å². The first-order valence-corrected chi connectivity index (χ1v) is 16.7. The summed E-state index contributed by atoms with van der Waals surface area (Å²) < 4.78 is 17.6. The molecule has 1 N–H and O–H groups in total. The summed E-state index contributed by atoms with van der Waals surface area (Å²) in [6, 6.07) is 0. The molecular weight excluding hydrogens is 560 g/mol. The van der Waals surface area contributed by atoms with E-state index in [4.69, 9.17) is 14.2 Å². The van der Waals surface area contributed by atoms with Crippen molar-refractivity contribution in [1.82, 2.24) is 0 Å². The lowest BCUT2D eigenvalue weighted by Crippen LogP contribution is -2.68. The summed E-state index contributed by atoms with van der Waals surface area (Å²) in [5.41, 5.74) is -1.08. The van der Waals surface area contributed by atoms with Crippen LogP contribution in [0.2, 0.25) is 0 Å². The fourth-order valence-corrected chi connectivity index (χ4v) is 11.7. The zero-order valence-corrected chi connectivity index (χ0v) is 28.3. The summed E-state index contributed by atoms with van der Waals surface area (Å²) in [5, 5.41) is 10.9. The highest BCUT2D eigenvalue weighted by atomic mass is 16.6. The van der Waals surface area contributed by atoms with Crippen LogP contribution in [0.5, 0.6) is 0 Å². The molecule has 0 aromatic carbocycles. The van der Waals surface area contributed by atoms with Gasteiger partial charge in [0.15, 0.2) is 0 Å². The molecule has 8 heteroatoms. The Bertz CT molecular complexity index is 1270. The molecule has 0 saturated heterocycles. The molecule has 0 amide bonds. The second kappa shape index (κ2) is 10.6. The summed E-state index contributed by atoms with van der Waals surface area (Å²) in [6.45, 7) is 18.2. The third-order valence-corrected chi connectivity index (χ3v) is 14.0. The average molecular weight is 615 g/mol. The van der Waals surface area contributed by atoms with Gasteiger partial charge in [-0.15, -0.1) is 0 Å². The van der Waals surface area contributed by atoms with Crippen molar-refractivity contribution in [1.29, 1.82) is 0 Å². The van der Waals surface area contributed by atoms with E-state index in [1.807, 2.05) is 0 Å². The number of hydrogen-bond donors (Lipinski definition) is 1. The number of fused-ring (bicyclic) bond motifs is 7. The van der Waals surface area contributed by atoms with Crippen LogP contribution in [-0.4, -0.2) is 47.8 Å². The maximum absolute atomic E-state index is 13.3. The van der Waals surface area contributed by atoms with E-state index < -0.39 is 28.9 Å². The van der Waals surface area contributed by atoms with Gasteiger partial charge >= 0.3 is 23.9 Å². The Hall–Kier alpha value is -2.38. The van der Waals surface area contributed by atoms with Crippen molar-refractivity contribution in [3.63, 3.8) is 0 Å². The van der Waals surface area contributed by atoms with Gasteiger partial charge in [0.2, 0.25) is 0 Å². The van der Waals surface area contributed by atoms with Crippen molar-refractivity contribution in [2.45, 2.75) is 132 Å². The molecule has 0 bridgehead atoms. The highest BCUT2D eigenvalue weighted by Crippen LogP contribution is 2.76. The number of carbonyl (C=O) groups excluding carboxylic acids is 3. The van der Waals surface area contributed by atoms with Gasteiger partial charge in [0.1, 0.15) is 24.2 Å². The van der Waals surface area contributed by atoms with Crippen LogP contribution < -0.4 is 0 Å². The fraction of sp³-hybridized carbons (Fsp3) is 0.833. The van der Waals surface area contributed by atoms with Crippen LogP contribution in [-0.2, 0) is 33.4 Å². The SMILES string of the molecule is CC(=O)OC[C@@]1(C)C2CC[C@]3(C)C(CC=C4C5CC(C)(C)CC[C@]5(C(=O)O)[C@@H](OC(C)=O)C[C@]43C)[C@@]2(C)CC[C@@H]1OC(C)=O. The minimum atomic E-state index is -1.12. The molecule has 5 aliphatic carbocycles. The maximum Gasteiger partial charge on any atom is 0.314 e. The summed E-state index contributed by atoms with van der Waals surface area (Å²) in [5.74, 6) is -1.71. The van der Waals surface area contributed by atoms with Crippen molar-refractivity contribution >= 4 is 23.9 Å². The highest BCUT2D eigenvalue weighted by Gasteiger charge is 2.72. The minimum absolute atomic E-state index is 0.0154. The van der Waals surface area contributed by atoms with Gasteiger partial charge < -0.3 is 19.3 Å². The summed E-state index contributed by atoms with van der Waals surface area (Å²) in [4.78, 5) is 50.0. The zero-order chi connectivity index (χ0) is 32.7. The molecule has 10 atom stereocenters. The monoisotopic (exact) mass is 614 g/mol. The molecule has 4 saturated carbocycles. The Kier molecular flexibility index (Phi) is 7.94. The van der Waals surface area contributed by atoms with Gasteiger partial charge in [-0.2, -0.15) is 0 Å². The van der Waals surface area contributed by atoms with Crippen LogP contribution in [0.3, 0.4) is 0 Å². The lowest BCUT2D eigenvalue weighted by Gasteiger charge is -2.71. The van der Waals surface area contributed by atoms with Gasteiger partial charge in [-0.05, 0) is 91.3 Å². The number of aliphatic carboxylic acids is 1. The van der Waals surface area contributed by atoms with Crippen molar-refractivity contribution in [2.75, 3.05) is 6.61 Å². The Balaban J connectivity index is 1.62. The lowest BCUT2D eigenvalue weighted by atomic mass is 9.33. The molecule has 0 radical (unpaired) electrons. The van der Waals surface area contributed by atoms with Crippen LogP contribution in [0.15, 0.2) is 11.6 Å². The number of carboxylic acids is 1. The summed E-state index contributed by atoms with van der Waals surface area (Å²) in [6.07, 6.45) is 8.08. The molecule has 246 valence electrons. The number of esters is 3. The van der Waals surface area contributed by atoms with Gasteiger partial charge in [0.05, 0.1) is 0 Å². The first-order valence-electron chi connectivity index (χ1n) is 16.7. The van der Waals surface area contributed by atoms with Crippen LogP contribution >= 0.6 is 0 Å². The fourth-order valence-electron chi connectivity index (χ4n) is 11.7. The molecule has 0 spiro atoms. The van der Waals surface area contributed by atoms with Crippen LogP contribution in [0, 0.1) is 50.2 Å². The van der Waals surface area contributed by atoms with Gasteiger partial charge in [0, 0.05) is 32.1 Å². The number of ether oxygens (including phenoxy) is 3. The third-order valence-electron chi connectivity index (χ3n) is 14.0. The van der Waals surface area contributed by atoms with Crippen molar-refractivity contribution in [3.05, 3.63) is 11.6 Å². The lowest BCUT2D eigenvalue weighted by molar-refractivity contribution is -0.235. The molecule has 8 nitrogen and oxygen atoms in total. The second-order valence-electron chi connectivity index (χ2n) is 16.8. The molecule has 0 aliphatic heterocycles. The number of rotatable bonds is 5. The van der Waals surface area contributed by atoms with E-state index in [2.05, 4.69) is 47.6 Å². The van der Waals surface area contributed by atoms with E-state index in [0.29, 0.717) is 19.3 Å². The third kappa shape index (κ3) is 4.66. The molecule has 0 heterocycles. The van der Waals surface area contributed by atoms with Gasteiger partial charge in [-0.25, -0.2) is 0 Å². The van der Waals surface area contributed by atoms with E-state index in [0.717, 1.165) is 38.5 Å². The second-order valence-corrected chi connectivity index (χ2v) is 16.8. The van der Waals surface area contributed by atoms with E-state index in [1.165, 1.54) is 26.3 Å². The topological polar surface area (TPSA) is 116 Å².